The van der Waals surface area contributed by atoms with E-state index in [1.54, 1.807) is 0 Å². The predicted molar refractivity (Wildman–Crippen MR) is 136 cm³/mol. The molecule has 180 valence electrons. The van der Waals surface area contributed by atoms with Gasteiger partial charge in [-0.15, -0.1) is 0 Å². The highest BCUT2D eigenvalue weighted by molar-refractivity contribution is 6.30. The summed E-state index contributed by atoms with van der Waals surface area (Å²) in [5.41, 5.74) is 5.67. The third kappa shape index (κ3) is 5.89. The van der Waals surface area contributed by atoms with Crippen LogP contribution in [0, 0.1) is 11.8 Å². The van der Waals surface area contributed by atoms with Crippen LogP contribution in [0.15, 0.2) is 54.6 Å². The number of ether oxygens (including phenoxy) is 1. The number of hydrogen-bond acceptors (Lipinski definition) is 3. The van der Waals surface area contributed by atoms with Gasteiger partial charge in [0.2, 0.25) is 0 Å². The van der Waals surface area contributed by atoms with E-state index in [9.17, 15) is 4.79 Å². The first kappa shape index (κ1) is 24.5. The first-order valence-electron chi connectivity index (χ1n) is 12.1. The maximum Gasteiger partial charge on any atom is 0.329 e. The van der Waals surface area contributed by atoms with Crippen molar-refractivity contribution in [3.63, 3.8) is 0 Å². The zero-order valence-corrected chi connectivity index (χ0v) is 20.7. The molecule has 34 heavy (non-hydrogen) atoms. The minimum absolute atomic E-state index is 0.210. The minimum Gasteiger partial charge on any atom is -0.480 e. The van der Waals surface area contributed by atoms with E-state index >= 15 is 0 Å². The van der Waals surface area contributed by atoms with E-state index in [1.807, 2.05) is 24.3 Å². The zero-order valence-electron chi connectivity index (χ0n) is 19.9. The molecule has 6 heteroatoms. The number of rotatable bonds is 9. The Bertz CT molecular complexity index is 1100. The van der Waals surface area contributed by atoms with Crippen LogP contribution in [0.3, 0.4) is 0 Å². The van der Waals surface area contributed by atoms with Crippen LogP contribution in [0.2, 0.25) is 5.02 Å². The highest BCUT2D eigenvalue weighted by Gasteiger charge is 2.27. The Hall–Kier alpha value is -2.63. The van der Waals surface area contributed by atoms with Gasteiger partial charge in [-0.25, -0.2) is 4.79 Å². The molecule has 1 saturated carbocycles. The number of carbonyl (C=O) groups is 1. The number of carboxylic acids is 1. The van der Waals surface area contributed by atoms with E-state index in [-0.39, 0.29) is 12.5 Å². The molecule has 1 heterocycles. The molecule has 0 aliphatic heterocycles. The largest absolute Gasteiger partial charge is 0.480 e. The summed E-state index contributed by atoms with van der Waals surface area (Å²) >= 11 is 6.38. The van der Waals surface area contributed by atoms with Crippen molar-refractivity contribution in [3.8, 4) is 22.4 Å². The lowest BCUT2D eigenvalue weighted by Crippen LogP contribution is -2.23. The Morgan fingerprint density at radius 2 is 1.74 bits per heavy atom. The highest BCUT2D eigenvalue weighted by atomic mass is 35.5. The molecule has 2 aromatic carbocycles. The summed E-state index contributed by atoms with van der Waals surface area (Å²) in [6.45, 7) is 5.58. The maximum absolute atomic E-state index is 10.7. The smallest absolute Gasteiger partial charge is 0.329 e. The summed E-state index contributed by atoms with van der Waals surface area (Å²) in [6.07, 6.45) is 4.31. The van der Waals surface area contributed by atoms with Crippen LogP contribution in [0.4, 0.5) is 0 Å². The SMILES string of the molecule is CC(C)c1nn(C[C@H]2CC[C@H](COCC(=O)O)CC2)c(-c2ccccc2)c1-c1cccc(Cl)c1. The lowest BCUT2D eigenvalue weighted by molar-refractivity contribution is -0.142. The molecule has 0 atom stereocenters. The summed E-state index contributed by atoms with van der Waals surface area (Å²) < 4.78 is 7.56. The number of benzene rings is 2. The fourth-order valence-electron chi connectivity index (χ4n) is 4.97. The Morgan fingerprint density at radius 3 is 2.38 bits per heavy atom. The van der Waals surface area contributed by atoms with E-state index in [2.05, 4.69) is 48.9 Å². The molecule has 4 rings (SSSR count). The highest BCUT2D eigenvalue weighted by Crippen LogP contribution is 2.40. The van der Waals surface area contributed by atoms with Crippen molar-refractivity contribution in [2.24, 2.45) is 11.8 Å². The van der Waals surface area contributed by atoms with Crippen molar-refractivity contribution < 1.29 is 14.6 Å². The van der Waals surface area contributed by atoms with Gasteiger partial charge in [0, 0.05) is 22.7 Å². The summed E-state index contributed by atoms with van der Waals surface area (Å²) in [6, 6.07) is 18.6. The van der Waals surface area contributed by atoms with Crippen molar-refractivity contribution in [2.45, 2.75) is 52.0 Å². The molecule has 3 aromatic rings. The summed E-state index contributed by atoms with van der Waals surface area (Å²) in [7, 11) is 0. The van der Waals surface area contributed by atoms with Gasteiger partial charge >= 0.3 is 5.97 Å². The van der Waals surface area contributed by atoms with Gasteiger partial charge in [0.15, 0.2) is 0 Å². The standard InChI is InChI=1S/C28H33ClN2O3/c1-19(2)27-26(23-9-6-10-24(29)15-23)28(22-7-4-3-5-8-22)31(30-27)16-20-11-13-21(14-12-20)17-34-18-25(32)33/h3-10,15,19-21H,11-14,16-18H2,1-2H3,(H,32,33)/t20-,21-. The molecule has 0 spiro atoms. The van der Waals surface area contributed by atoms with Gasteiger partial charge in [-0.3, -0.25) is 4.68 Å². The van der Waals surface area contributed by atoms with E-state index < -0.39 is 5.97 Å². The van der Waals surface area contributed by atoms with Gasteiger partial charge in [-0.1, -0.05) is 67.9 Å². The molecule has 0 saturated heterocycles. The van der Waals surface area contributed by atoms with Crippen LogP contribution >= 0.6 is 11.6 Å². The molecule has 1 fully saturated rings. The van der Waals surface area contributed by atoms with Crippen molar-refractivity contribution in [3.05, 3.63) is 65.3 Å². The minimum atomic E-state index is -0.905. The molecule has 0 amide bonds. The van der Waals surface area contributed by atoms with Crippen molar-refractivity contribution in [1.29, 1.82) is 0 Å². The number of aliphatic carboxylic acids is 1. The first-order valence-corrected chi connectivity index (χ1v) is 12.5. The average Bonchev–Trinajstić information content (AvgIpc) is 3.20. The second-order valence-electron chi connectivity index (χ2n) is 9.62. The van der Waals surface area contributed by atoms with Gasteiger partial charge < -0.3 is 9.84 Å². The van der Waals surface area contributed by atoms with Crippen LogP contribution in [0.5, 0.6) is 0 Å². The summed E-state index contributed by atoms with van der Waals surface area (Å²) in [5.74, 6) is 0.345. The zero-order chi connectivity index (χ0) is 24.1. The Morgan fingerprint density at radius 1 is 1.06 bits per heavy atom. The van der Waals surface area contributed by atoms with Crippen molar-refractivity contribution in [2.75, 3.05) is 13.2 Å². The molecule has 1 N–H and O–H groups in total. The molecule has 0 unspecified atom stereocenters. The average molecular weight is 481 g/mol. The van der Waals surface area contributed by atoms with Crippen LogP contribution in [-0.2, 0) is 16.1 Å². The van der Waals surface area contributed by atoms with E-state index in [4.69, 9.17) is 26.5 Å². The fraction of sp³-hybridized carbons (Fsp3) is 0.429. The Kier molecular flexibility index (Phi) is 8.07. The van der Waals surface area contributed by atoms with Gasteiger partial charge in [0.05, 0.1) is 18.0 Å². The maximum atomic E-state index is 10.7. The molecule has 1 aliphatic carbocycles. The molecule has 1 aliphatic rings. The van der Waals surface area contributed by atoms with Crippen molar-refractivity contribution >= 4 is 17.6 Å². The topological polar surface area (TPSA) is 64.4 Å². The Labute approximate surface area is 206 Å². The first-order chi connectivity index (χ1) is 16.4. The molecule has 1 aromatic heterocycles. The normalized spacial score (nSPS) is 18.4. The quantitative estimate of drug-likeness (QED) is 0.361. The number of halogens is 1. The molecular weight excluding hydrogens is 448 g/mol. The number of nitrogens with zero attached hydrogens (tertiary/aromatic N) is 2. The van der Waals surface area contributed by atoms with E-state index in [1.165, 1.54) is 5.56 Å². The number of carboxylic acid groups (broad SMARTS) is 1. The monoisotopic (exact) mass is 480 g/mol. The lowest BCUT2D eigenvalue weighted by Gasteiger charge is -2.28. The third-order valence-corrected chi connectivity index (χ3v) is 6.90. The van der Waals surface area contributed by atoms with Crippen LogP contribution in [0.25, 0.3) is 22.4 Å². The third-order valence-electron chi connectivity index (χ3n) is 6.66. The van der Waals surface area contributed by atoms with Crippen LogP contribution in [0.1, 0.15) is 51.1 Å². The van der Waals surface area contributed by atoms with Crippen LogP contribution in [-0.4, -0.2) is 34.1 Å². The number of aromatic nitrogens is 2. The van der Waals surface area contributed by atoms with Crippen molar-refractivity contribution in [1.82, 2.24) is 9.78 Å². The van der Waals surface area contributed by atoms with Crippen LogP contribution < -0.4 is 0 Å². The van der Waals surface area contributed by atoms with Gasteiger partial charge in [0.25, 0.3) is 0 Å². The molecule has 0 radical (unpaired) electrons. The second kappa shape index (κ2) is 11.2. The molecule has 0 bridgehead atoms. The van der Waals surface area contributed by atoms with E-state index in [0.29, 0.717) is 18.4 Å². The Balaban J connectivity index is 1.62. The predicted octanol–water partition coefficient (Wildman–Crippen LogP) is 6.90. The fourth-order valence-corrected chi connectivity index (χ4v) is 5.16. The second-order valence-corrected chi connectivity index (χ2v) is 10.1. The van der Waals surface area contributed by atoms with E-state index in [0.717, 1.165) is 59.8 Å². The van der Waals surface area contributed by atoms with Gasteiger partial charge in [-0.2, -0.15) is 5.10 Å². The molecular formula is C28H33ClN2O3. The van der Waals surface area contributed by atoms with Gasteiger partial charge in [0.1, 0.15) is 6.61 Å². The lowest BCUT2D eigenvalue weighted by atomic mass is 9.82. The molecule has 5 nitrogen and oxygen atoms in total. The van der Waals surface area contributed by atoms with Gasteiger partial charge in [-0.05, 0) is 61.1 Å². The summed E-state index contributed by atoms with van der Waals surface area (Å²) in [5, 5.41) is 14.7. The number of hydrogen-bond donors (Lipinski definition) is 1. The summed E-state index contributed by atoms with van der Waals surface area (Å²) in [4.78, 5) is 10.7.